The van der Waals surface area contributed by atoms with Crippen LogP contribution in [0.1, 0.15) is 42.6 Å². The average Bonchev–Trinajstić information content (AvgIpc) is 3.29. The minimum absolute atomic E-state index is 0. The van der Waals surface area contributed by atoms with E-state index in [1.807, 2.05) is 13.8 Å². The molecule has 1 aromatic carbocycles. The summed E-state index contributed by atoms with van der Waals surface area (Å²) in [6, 6.07) is 6.39. The van der Waals surface area contributed by atoms with Crippen molar-refractivity contribution < 1.29 is 4.52 Å². The van der Waals surface area contributed by atoms with Crippen LogP contribution >= 0.6 is 24.0 Å². The summed E-state index contributed by atoms with van der Waals surface area (Å²) in [5.41, 5.74) is 3.80. The smallest absolute Gasteiger partial charge is 0.228 e. The third kappa shape index (κ3) is 5.46. The van der Waals surface area contributed by atoms with Gasteiger partial charge in [0.15, 0.2) is 11.8 Å². The van der Waals surface area contributed by atoms with E-state index in [0.29, 0.717) is 18.9 Å². The number of rotatable bonds is 7. The van der Waals surface area contributed by atoms with Crippen molar-refractivity contribution in [2.45, 2.75) is 39.5 Å². The predicted molar refractivity (Wildman–Crippen MR) is 124 cm³/mol. The summed E-state index contributed by atoms with van der Waals surface area (Å²) in [6.07, 6.45) is 3.69. The second kappa shape index (κ2) is 10.4. The Kier molecular flexibility index (Phi) is 8.28. The molecule has 0 amide bonds. The molecule has 152 valence electrons. The molecule has 0 saturated carbocycles. The highest BCUT2D eigenvalue weighted by atomic mass is 127. The van der Waals surface area contributed by atoms with Gasteiger partial charge in [-0.2, -0.15) is 4.98 Å². The van der Waals surface area contributed by atoms with E-state index in [0.717, 1.165) is 24.7 Å². The number of aliphatic imine (C=N–C) groups is 1. The van der Waals surface area contributed by atoms with E-state index in [1.54, 1.807) is 7.05 Å². The van der Waals surface area contributed by atoms with Gasteiger partial charge in [0, 0.05) is 49.6 Å². The molecule has 2 aromatic heterocycles. The number of nitrogens with zero attached hydrogens (tertiary/aromatic N) is 3. The Bertz CT molecular complexity index is 914. The highest BCUT2D eigenvalue weighted by Crippen LogP contribution is 2.21. The van der Waals surface area contributed by atoms with Crippen LogP contribution in [-0.4, -0.2) is 41.2 Å². The van der Waals surface area contributed by atoms with Crippen LogP contribution in [-0.2, 0) is 12.8 Å². The van der Waals surface area contributed by atoms with Crippen molar-refractivity contribution in [2.24, 2.45) is 4.99 Å². The van der Waals surface area contributed by atoms with Crippen molar-refractivity contribution in [3.8, 4) is 0 Å². The molecule has 0 unspecified atom stereocenters. The van der Waals surface area contributed by atoms with Gasteiger partial charge in [0.1, 0.15) is 0 Å². The first-order chi connectivity index (χ1) is 13.1. The number of fused-ring (bicyclic) bond motifs is 1. The lowest BCUT2D eigenvalue weighted by molar-refractivity contribution is 0.371. The van der Waals surface area contributed by atoms with Crippen LogP contribution in [0.3, 0.4) is 0 Å². The van der Waals surface area contributed by atoms with Gasteiger partial charge in [-0.05, 0) is 24.5 Å². The van der Waals surface area contributed by atoms with E-state index in [2.05, 4.69) is 62.1 Å². The second-order valence-electron chi connectivity index (χ2n) is 6.94. The molecule has 0 radical (unpaired) electrons. The standard InChI is InChI=1S/C20H28N6O.HI/c1-13(2)19-25-17(27-26-19)9-11-23-20(21-4)22-10-8-15-12-24-18-14(3)6-5-7-16(15)18;/h5-7,12-13,24H,8-11H2,1-4H3,(H2,21,22,23);1H. The summed E-state index contributed by atoms with van der Waals surface area (Å²) in [4.78, 5) is 12.0. The first-order valence-corrected chi connectivity index (χ1v) is 9.41. The fourth-order valence-electron chi connectivity index (χ4n) is 3.00. The molecule has 3 rings (SSSR count). The van der Waals surface area contributed by atoms with Crippen molar-refractivity contribution in [1.82, 2.24) is 25.8 Å². The van der Waals surface area contributed by atoms with E-state index in [1.165, 1.54) is 22.0 Å². The first kappa shape index (κ1) is 22.2. The van der Waals surface area contributed by atoms with Gasteiger partial charge in [0.05, 0.1) is 0 Å². The molecule has 0 aliphatic carbocycles. The number of aromatic nitrogens is 3. The molecule has 0 saturated heterocycles. The first-order valence-electron chi connectivity index (χ1n) is 9.41. The van der Waals surface area contributed by atoms with Crippen LogP contribution in [0, 0.1) is 6.92 Å². The molecule has 3 N–H and O–H groups in total. The third-order valence-electron chi connectivity index (χ3n) is 4.55. The third-order valence-corrected chi connectivity index (χ3v) is 4.55. The Labute approximate surface area is 182 Å². The number of hydrogen-bond acceptors (Lipinski definition) is 4. The molecule has 0 bridgehead atoms. The fraction of sp³-hybridized carbons (Fsp3) is 0.450. The van der Waals surface area contributed by atoms with E-state index < -0.39 is 0 Å². The summed E-state index contributed by atoms with van der Waals surface area (Å²) >= 11 is 0. The summed E-state index contributed by atoms with van der Waals surface area (Å²) in [6.45, 7) is 7.71. The number of H-pyrrole nitrogens is 1. The number of para-hydroxylation sites is 1. The van der Waals surface area contributed by atoms with Crippen LogP contribution in [0.5, 0.6) is 0 Å². The van der Waals surface area contributed by atoms with Crippen LogP contribution in [0.15, 0.2) is 33.9 Å². The average molecular weight is 496 g/mol. The topological polar surface area (TPSA) is 91.1 Å². The van der Waals surface area contributed by atoms with Crippen molar-refractivity contribution >= 4 is 40.8 Å². The van der Waals surface area contributed by atoms with Gasteiger partial charge in [-0.3, -0.25) is 4.99 Å². The van der Waals surface area contributed by atoms with Crippen molar-refractivity contribution in [2.75, 3.05) is 20.1 Å². The van der Waals surface area contributed by atoms with Gasteiger partial charge in [-0.25, -0.2) is 0 Å². The summed E-state index contributed by atoms with van der Waals surface area (Å²) in [5.74, 6) is 2.45. The van der Waals surface area contributed by atoms with Gasteiger partial charge >= 0.3 is 0 Å². The number of halogens is 1. The Morgan fingerprint density at radius 2 is 1.96 bits per heavy atom. The Morgan fingerprint density at radius 3 is 2.64 bits per heavy atom. The second-order valence-corrected chi connectivity index (χ2v) is 6.94. The van der Waals surface area contributed by atoms with Crippen LogP contribution in [0.25, 0.3) is 10.9 Å². The number of benzene rings is 1. The quantitative estimate of drug-likeness (QED) is 0.265. The maximum atomic E-state index is 5.26. The SMILES string of the molecule is CN=C(NCCc1nc(C(C)C)no1)NCCc1c[nH]c2c(C)cccc12.I. The highest BCUT2D eigenvalue weighted by molar-refractivity contribution is 14.0. The van der Waals surface area contributed by atoms with Gasteiger partial charge in [-0.15, -0.1) is 24.0 Å². The summed E-state index contributed by atoms with van der Waals surface area (Å²) in [5, 5.41) is 11.9. The lowest BCUT2D eigenvalue weighted by Gasteiger charge is -2.10. The predicted octanol–water partition coefficient (Wildman–Crippen LogP) is 3.55. The number of hydrogen-bond donors (Lipinski definition) is 3. The van der Waals surface area contributed by atoms with E-state index >= 15 is 0 Å². The molecule has 0 atom stereocenters. The fourth-order valence-corrected chi connectivity index (χ4v) is 3.00. The molecule has 0 aliphatic heterocycles. The molecule has 8 heteroatoms. The zero-order valence-corrected chi connectivity index (χ0v) is 19.2. The minimum Gasteiger partial charge on any atom is -0.361 e. The van der Waals surface area contributed by atoms with Gasteiger partial charge in [0.2, 0.25) is 5.89 Å². The number of aromatic amines is 1. The van der Waals surface area contributed by atoms with Crippen LogP contribution < -0.4 is 10.6 Å². The zero-order chi connectivity index (χ0) is 19.2. The molecule has 2 heterocycles. The number of aryl methyl sites for hydroxylation is 1. The summed E-state index contributed by atoms with van der Waals surface area (Å²) in [7, 11) is 1.77. The van der Waals surface area contributed by atoms with E-state index in [4.69, 9.17) is 4.52 Å². The zero-order valence-electron chi connectivity index (χ0n) is 16.9. The monoisotopic (exact) mass is 496 g/mol. The highest BCUT2D eigenvalue weighted by Gasteiger charge is 2.10. The van der Waals surface area contributed by atoms with Crippen LogP contribution in [0.2, 0.25) is 0 Å². The Hall–Kier alpha value is -2.10. The van der Waals surface area contributed by atoms with Crippen molar-refractivity contribution in [1.29, 1.82) is 0 Å². The molecule has 28 heavy (non-hydrogen) atoms. The van der Waals surface area contributed by atoms with Crippen LogP contribution in [0.4, 0.5) is 0 Å². The lowest BCUT2D eigenvalue weighted by Crippen LogP contribution is -2.39. The van der Waals surface area contributed by atoms with Crippen molar-refractivity contribution in [3.05, 3.63) is 47.2 Å². The molecule has 3 aromatic rings. The van der Waals surface area contributed by atoms with Gasteiger partial charge < -0.3 is 20.1 Å². The minimum atomic E-state index is 0. The molecule has 0 fully saturated rings. The molecule has 0 spiro atoms. The Morgan fingerprint density at radius 1 is 1.21 bits per heavy atom. The van der Waals surface area contributed by atoms with E-state index in [-0.39, 0.29) is 29.9 Å². The lowest BCUT2D eigenvalue weighted by atomic mass is 10.1. The molecular weight excluding hydrogens is 467 g/mol. The van der Waals surface area contributed by atoms with Gasteiger partial charge in [-0.1, -0.05) is 37.2 Å². The number of nitrogens with one attached hydrogen (secondary N) is 3. The summed E-state index contributed by atoms with van der Waals surface area (Å²) < 4.78 is 5.26. The van der Waals surface area contributed by atoms with E-state index in [9.17, 15) is 0 Å². The largest absolute Gasteiger partial charge is 0.361 e. The Balaban J connectivity index is 0.00000280. The number of guanidine groups is 1. The molecule has 0 aliphatic rings. The normalized spacial score (nSPS) is 11.7. The van der Waals surface area contributed by atoms with Gasteiger partial charge in [0.25, 0.3) is 0 Å². The molecule has 7 nitrogen and oxygen atoms in total. The molecular formula is C20H29IN6O. The maximum Gasteiger partial charge on any atom is 0.228 e. The van der Waals surface area contributed by atoms with Crippen molar-refractivity contribution in [3.63, 3.8) is 0 Å². The maximum absolute atomic E-state index is 5.26.